The minimum absolute atomic E-state index is 1.07. The predicted molar refractivity (Wildman–Crippen MR) is 110 cm³/mol. The Morgan fingerprint density at radius 2 is 1.00 bits per heavy atom. The van der Waals surface area contributed by atoms with Crippen LogP contribution in [0.3, 0.4) is 0 Å². The lowest BCUT2D eigenvalue weighted by Gasteiger charge is -2.26. The Hall–Kier alpha value is -0.730. The molecule has 0 spiro atoms. The smallest absolute Gasteiger partial charge is 0.195 e. The van der Waals surface area contributed by atoms with Crippen molar-refractivity contribution in [2.24, 2.45) is 4.99 Å². The molecular formula is C21H45N3. The van der Waals surface area contributed by atoms with Crippen molar-refractivity contribution in [2.45, 2.75) is 96.8 Å². The van der Waals surface area contributed by atoms with Crippen molar-refractivity contribution in [1.29, 1.82) is 0 Å². The molecule has 0 aromatic carbocycles. The average Bonchev–Trinajstić information content (AvgIpc) is 2.55. The molecule has 0 aliphatic heterocycles. The van der Waals surface area contributed by atoms with E-state index in [4.69, 9.17) is 0 Å². The van der Waals surface area contributed by atoms with E-state index in [0.717, 1.165) is 12.5 Å². The molecule has 0 aromatic rings. The molecule has 0 saturated carbocycles. The van der Waals surface area contributed by atoms with Crippen LogP contribution in [0.2, 0.25) is 0 Å². The van der Waals surface area contributed by atoms with Gasteiger partial charge in [-0.3, -0.25) is 4.99 Å². The van der Waals surface area contributed by atoms with Crippen LogP contribution in [0.1, 0.15) is 96.8 Å². The number of rotatable bonds is 15. The Bertz CT molecular complexity index is 287. The topological polar surface area (TPSA) is 18.8 Å². The van der Waals surface area contributed by atoms with E-state index in [1.54, 1.807) is 0 Å². The Morgan fingerprint density at radius 3 is 1.33 bits per heavy atom. The van der Waals surface area contributed by atoms with Crippen LogP contribution in [0.25, 0.3) is 0 Å². The first kappa shape index (κ1) is 23.3. The van der Waals surface area contributed by atoms with Crippen molar-refractivity contribution in [3.8, 4) is 0 Å². The first-order valence-electron chi connectivity index (χ1n) is 10.5. The summed E-state index contributed by atoms with van der Waals surface area (Å²) in [6.45, 7) is 3.40. The van der Waals surface area contributed by atoms with Crippen molar-refractivity contribution in [3.05, 3.63) is 0 Å². The molecule has 0 atom stereocenters. The van der Waals surface area contributed by atoms with E-state index < -0.39 is 0 Å². The largest absolute Gasteiger partial charge is 0.349 e. The van der Waals surface area contributed by atoms with Gasteiger partial charge < -0.3 is 9.80 Å². The Morgan fingerprint density at radius 1 is 0.625 bits per heavy atom. The van der Waals surface area contributed by atoms with Gasteiger partial charge >= 0.3 is 0 Å². The second-order valence-corrected chi connectivity index (χ2v) is 7.44. The zero-order chi connectivity index (χ0) is 18.0. The second-order valence-electron chi connectivity index (χ2n) is 7.44. The molecule has 0 aliphatic rings. The molecule has 3 nitrogen and oxygen atoms in total. The normalized spacial score (nSPS) is 11.8. The van der Waals surface area contributed by atoms with E-state index in [1.807, 2.05) is 7.05 Å². The van der Waals surface area contributed by atoms with Gasteiger partial charge in [0.2, 0.25) is 0 Å². The lowest BCUT2D eigenvalue weighted by Crippen LogP contribution is -2.38. The summed E-state index contributed by atoms with van der Waals surface area (Å²) in [5, 5.41) is 0. The third kappa shape index (κ3) is 13.7. The fourth-order valence-corrected chi connectivity index (χ4v) is 3.36. The summed E-state index contributed by atoms with van der Waals surface area (Å²) in [5.41, 5.74) is 0. The van der Waals surface area contributed by atoms with Crippen molar-refractivity contribution < 1.29 is 0 Å². The summed E-state index contributed by atoms with van der Waals surface area (Å²) in [4.78, 5) is 8.69. The number of guanidine groups is 1. The molecule has 24 heavy (non-hydrogen) atoms. The van der Waals surface area contributed by atoms with Gasteiger partial charge in [-0.15, -0.1) is 0 Å². The molecule has 0 saturated heterocycles. The molecule has 0 aromatic heterocycles. The highest BCUT2D eigenvalue weighted by Gasteiger charge is 2.06. The van der Waals surface area contributed by atoms with Gasteiger partial charge in [-0.05, 0) is 6.42 Å². The Balaban J connectivity index is 3.28. The fraction of sp³-hybridized carbons (Fsp3) is 0.952. The summed E-state index contributed by atoms with van der Waals surface area (Å²) in [5.74, 6) is 1.07. The SMILES string of the molecule is CCCCCCCCCCCCCCCCN(C)/C(=N\C)N(C)C. The molecule has 144 valence electrons. The highest BCUT2D eigenvalue weighted by Crippen LogP contribution is 2.13. The van der Waals surface area contributed by atoms with Gasteiger partial charge in [0.05, 0.1) is 0 Å². The van der Waals surface area contributed by atoms with Gasteiger partial charge in [-0.1, -0.05) is 90.4 Å². The average molecular weight is 340 g/mol. The summed E-state index contributed by atoms with van der Waals surface area (Å²) < 4.78 is 0. The lowest BCUT2D eigenvalue weighted by atomic mass is 10.0. The number of nitrogens with zero attached hydrogens (tertiary/aromatic N) is 3. The quantitative estimate of drug-likeness (QED) is 0.209. The van der Waals surface area contributed by atoms with Gasteiger partial charge in [0.15, 0.2) is 5.96 Å². The van der Waals surface area contributed by atoms with E-state index in [9.17, 15) is 0 Å². The first-order chi connectivity index (χ1) is 11.6. The summed E-state index contributed by atoms with van der Waals surface area (Å²) in [6.07, 6.45) is 19.9. The standard InChI is InChI=1S/C21H45N3/c1-6-7-8-9-10-11-12-13-14-15-16-17-18-19-20-24(5)21(22-2)23(3)4/h6-20H2,1-5H3/b22-21-. The molecule has 0 N–H and O–H groups in total. The maximum atomic E-state index is 4.34. The predicted octanol–water partition coefficient (Wildman–Crippen LogP) is 5.95. The number of hydrogen-bond acceptors (Lipinski definition) is 1. The van der Waals surface area contributed by atoms with Crippen LogP contribution >= 0.6 is 0 Å². The molecule has 3 heteroatoms. The second kappa shape index (κ2) is 17.1. The van der Waals surface area contributed by atoms with Crippen molar-refractivity contribution >= 4 is 5.96 Å². The fourth-order valence-electron chi connectivity index (χ4n) is 3.36. The van der Waals surface area contributed by atoms with Crippen molar-refractivity contribution in [3.63, 3.8) is 0 Å². The molecule has 0 radical (unpaired) electrons. The molecule has 0 unspecified atom stereocenters. The minimum Gasteiger partial charge on any atom is -0.349 e. The molecule has 0 amide bonds. The third-order valence-electron chi connectivity index (χ3n) is 4.79. The minimum atomic E-state index is 1.07. The maximum Gasteiger partial charge on any atom is 0.195 e. The Labute approximate surface area is 152 Å². The summed E-state index contributed by atoms with van der Waals surface area (Å²) >= 11 is 0. The van der Waals surface area contributed by atoms with Crippen molar-refractivity contribution in [1.82, 2.24) is 9.80 Å². The van der Waals surface area contributed by atoms with Crippen molar-refractivity contribution in [2.75, 3.05) is 34.7 Å². The van der Waals surface area contributed by atoms with Gasteiger partial charge in [-0.25, -0.2) is 0 Å². The van der Waals surface area contributed by atoms with Crippen LogP contribution in [0, 0.1) is 0 Å². The highest BCUT2D eigenvalue weighted by atomic mass is 15.3. The van der Waals surface area contributed by atoms with Gasteiger partial charge in [0, 0.05) is 34.7 Å². The molecular weight excluding hydrogens is 294 g/mol. The summed E-state index contributed by atoms with van der Waals surface area (Å²) in [7, 11) is 8.13. The molecule has 0 bridgehead atoms. The zero-order valence-corrected chi connectivity index (χ0v) is 17.4. The highest BCUT2D eigenvalue weighted by molar-refractivity contribution is 5.79. The van der Waals surface area contributed by atoms with Crippen LogP contribution in [0.4, 0.5) is 0 Å². The van der Waals surface area contributed by atoms with Crippen LogP contribution in [0.5, 0.6) is 0 Å². The molecule has 0 rings (SSSR count). The van der Waals surface area contributed by atoms with Gasteiger partial charge in [0.1, 0.15) is 0 Å². The van der Waals surface area contributed by atoms with Crippen LogP contribution in [-0.2, 0) is 0 Å². The number of aliphatic imine (C=N–C) groups is 1. The van der Waals surface area contributed by atoms with Crippen LogP contribution in [-0.4, -0.2) is 50.5 Å². The summed E-state index contributed by atoms with van der Waals surface area (Å²) in [6, 6.07) is 0. The van der Waals surface area contributed by atoms with E-state index >= 15 is 0 Å². The van der Waals surface area contributed by atoms with Crippen LogP contribution in [0.15, 0.2) is 4.99 Å². The van der Waals surface area contributed by atoms with E-state index in [1.165, 1.54) is 89.9 Å². The third-order valence-corrected chi connectivity index (χ3v) is 4.79. The monoisotopic (exact) mass is 339 g/mol. The van der Waals surface area contributed by atoms with E-state index in [2.05, 4.69) is 42.9 Å². The molecule has 0 heterocycles. The lowest BCUT2D eigenvalue weighted by molar-refractivity contribution is 0.406. The molecule has 0 fully saturated rings. The maximum absolute atomic E-state index is 4.34. The molecule has 0 aliphatic carbocycles. The zero-order valence-electron chi connectivity index (χ0n) is 17.4. The first-order valence-corrected chi connectivity index (χ1v) is 10.5. The number of unbranched alkanes of at least 4 members (excludes halogenated alkanes) is 13. The Kier molecular flexibility index (Phi) is 16.6. The van der Waals surface area contributed by atoms with Gasteiger partial charge in [0.25, 0.3) is 0 Å². The van der Waals surface area contributed by atoms with Gasteiger partial charge in [-0.2, -0.15) is 0 Å². The number of hydrogen-bond donors (Lipinski definition) is 0. The van der Waals surface area contributed by atoms with E-state index in [0.29, 0.717) is 0 Å². The van der Waals surface area contributed by atoms with E-state index in [-0.39, 0.29) is 0 Å². The van der Waals surface area contributed by atoms with Crippen LogP contribution < -0.4 is 0 Å².